The molecule has 1 aliphatic rings. The van der Waals surface area contributed by atoms with Crippen molar-refractivity contribution in [3.63, 3.8) is 0 Å². The lowest BCUT2D eigenvalue weighted by atomic mass is 9.84. The van der Waals surface area contributed by atoms with Crippen LogP contribution in [-0.2, 0) is 0 Å². The predicted molar refractivity (Wildman–Crippen MR) is 89.6 cm³/mol. The molecule has 1 aromatic carbocycles. The van der Waals surface area contributed by atoms with E-state index in [1.165, 1.54) is 31.4 Å². The average Bonchev–Trinajstić information content (AvgIpc) is 2.52. The number of aliphatic imine (C=N–C) groups is 1. The number of hydrogen-bond acceptors (Lipinski definition) is 4. The average molecular weight is 303 g/mol. The molecule has 1 fully saturated rings. The highest BCUT2D eigenvalue weighted by Gasteiger charge is 2.24. The van der Waals surface area contributed by atoms with E-state index in [1.807, 2.05) is 6.21 Å². The minimum Gasteiger partial charge on any atom is -0.314 e. The second kappa shape index (κ2) is 8.03. The number of nitro groups is 1. The number of non-ortho nitro benzene ring substituents is 1. The Balaban J connectivity index is 1.98. The Hall–Kier alpha value is -1.75. The number of nitrogens with zero attached hydrogens (tertiary/aromatic N) is 2. The summed E-state index contributed by atoms with van der Waals surface area (Å²) in [5.41, 5.74) is 1.04. The Kier molecular flexibility index (Phi) is 6.07. The highest BCUT2D eigenvalue weighted by atomic mass is 16.6. The van der Waals surface area contributed by atoms with Crippen LogP contribution in [0.2, 0.25) is 0 Å². The second-order valence-electron chi connectivity index (χ2n) is 6.30. The van der Waals surface area contributed by atoms with Gasteiger partial charge in [-0.15, -0.1) is 0 Å². The van der Waals surface area contributed by atoms with Gasteiger partial charge in [0.2, 0.25) is 0 Å². The fourth-order valence-electron chi connectivity index (χ4n) is 2.87. The normalized spacial score (nSPS) is 22.3. The molecule has 0 unspecified atom stereocenters. The van der Waals surface area contributed by atoms with E-state index in [1.54, 1.807) is 12.1 Å². The maximum atomic E-state index is 10.7. The van der Waals surface area contributed by atoms with Crippen LogP contribution in [0.25, 0.3) is 0 Å². The zero-order valence-corrected chi connectivity index (χ0v) is 13.4. The highest BCUT2D eigenvalue weighted by Crippen LogP contribution is 2.26. The molecule has 22 heavy (non-hydrogen) atoms. The first-order valence-electron chi connectivity index (χ1n) is 8.07. The quantitative estimate of drug-likeness (QED) is 0.496. The third kappa shape index (κ3) is 4.91. The molecule has 0 saturated heterocycles. The van der Waals surface area contributed by atoms with Gasteiger partial charge in [-0.05, 0) is 36.5 Å². The SMILES string of the molecule is CC(C)NC[C@H]1CCCC[C@@H]1N=Cc1ccc([N+](=O)[O-])cc1. The van der Waals surface area contributed by atoms with Crippen molar-refractivity contribution in [3.05, 3.63) is 39.9 Å². The van der Waals surface area contributed by atoms with Crippen molar-refractivity contribution in [2.75, 3.05) is 6.54 Å². The summed E-state index contributed by atoms with van der Waals surface area (Å²) in [7, 11) is 0. The molecule has 2 atom stereocenters. The van der Waals surface area contributed by atoms with Gasteiger partial charge in [-0.2, -0.15) is 0 Å². The van der Waals surface area contributed by atoms with Crippen molar-refractivity contribution in [2.45, 2.75) is 51.6 Å². The molecule has 0 amide bonds. The molecule has 0 aromatic heterocycles. The molecule has 0 heterocycles. The van der Waals surface area contributed by atoms with Crippen LogP contribution in [0, 0.1) is 16.0 Å². The van der Waals surface area contributed by atoms with Gasteiger partial charge in [-0.1, -0.05) is 26.7 Å². The van der Waals surface area contributed by atoms with Gasteiger partial charge >= 0.3 is 0 Å². The van der Waals surface area contributed by atoms with Crippen molar-refractivity contribution in [1.29, 1.82) is 0 Å². The predicted octanol–water partition coefficient (Wildman–Crippen LogP) is 3.57. The zero-order valence-electron chi connectivity index (χ0n) is 13.4. The molecule has 0 aliphatic heterocycles. The van der Waals surface area contributed by atoms with E-state index in [2.05, 4.69) is 19.2 Å². The van der Waals surface area contributed by atoms with Crippen LogP contribution >= 0.6 is 0 Å². The molecule has 1 saturated carbocycles. The van der Waals surface area contributed by atoms with Gasteiger partial charge in [0, 0.05) is 30.9 Å². The first kappa shape index (κ1) is 16.6. The summed E-state index contributed by atoms with van der Waals surface area (Å²) in [5, 5.41) is 14.2. The van der Waals surface area contributed by atoms with Gasteiger partial charge in [-0.3, -0.25) is 15.1 Å². The zero-order chi connectivity index (χ0) is 15.9. The van der Waals surface area contributed by atoms with Gasteiger partial charge in [0.05, 0.1) is 11.0 Å². The largest absolute Gasteiger partial charge is 0.314 e. The van der Waals surface area contributed by atoms with Gasteiger partial charge in [-0.25, -0.2) is 0 Å². The summed E-state index contributed by atoms with van der Waals surface area (Å²) in [5.74, 6) is 0.588. The van der Waals surface area contributed by atoms with Gasteiger partial charge in [0.25, 0.3) is 5.69 Å². The number of benzene rings is 1. The topological polar surface area (TPSA) is 67.5 Å². The van der Waals surface area contributed by atoms with Crippen LogP contribution in [0.4, 0.5) is 5.69 Å². The molecule has 0 spiro atoms. The fraction of sp³-hybridized carbons (Fsp3) is 0.588. The fourth-order valence-corrected chi connectivity index (χ4v) is 2.87. The summed E-state index contributed by atoms with van der Waals surface area (Å²) in [4.78, 5) is 15.0. The third-order valence-corrected chi connectivity index (χ3v) is 4.18. The lowest BCUT2D eigenvalue weighted by Gasteiger charge is -2.29. The van der Waals surface area contributed by atoms with E-state index in [0.717, 1.165) is 18.5 Å². The minimum atomic E-state index is -0.379. The van der Waals surface area contributed by atoms with Crippen molar-refractivity contribution in [2.24, 2.45) is 10.9 Å². The molecular weight excluding hydrogens is 278 g/mol. The number of nitro benzene ring substituents is 1. The van der Waals surface area contributed by atoms with Gasteiger partial charge in [0.15, 0.2) is 0 Å². The van der Waals surface area contributed by atoms with Gasteiger partial charge in [0.1, 0.15) is 0 Å². The summed E-state index contributed by atoms with van der Waals surface area (Å²) >= 11 is 0. The van der Waals surface area contributed by atoms with Gasteiger partial charge < -0.3 is 5.32 Å². The van der Waals surface area contributed by atoms with Crippen molar-refractivity contribution in [1.82, 2.24) is 5.32 Å². The number of hydrogen-bond donors (Lipinski definition) is 1. The van der Waals surface area contributed by atoms with E-state index < -0.39 is 0 Å². The van der Waals surface area contributed by atoms with Crippen LogP contribution in [0.3, 0.4) is 0 Å². The standard InChI is InChI=1S/C17H25N3O2/c1-13(2)18-12-15-5-3-4-6-17(15)19-11-14-7-9-16(10-8-14)20(21)22/h7-11,13,15,17-18H,3-6,12H2,1-2H3/t15-,17+/m1/s1. The first-order chi connectivity index (χ1) is 10.6. The second-order valence-corrected chi connectivity index (χ2v) is 6.30. The van der Waals surface area contributed by atoms with E-state index in [0.29, 0.717) is 18.0 Å². The van der Waals surface area contributed by atoms with Crippen molar-refractivity contribution >= 4 is 11.9 Å². The molecule has 1 N–H and O–H groups in total. The molecule has 1 aromatic rings. The Morgan fingerprint density at radius 3 is 2.64 bits per heavy atom. The number of nitrogens with one attached hydrogen (secondary N) is 1. The Morgan fingerprint density at radius 2 is 2.00 bits per heavy atom. The summed E-state index contributed by atoms with van der Waals surface area (Å²) in [6, 6.07) is 7.42. The summed E-state index contributed by atoms with van der Waals surface area (Å²) in [6.07, 6.45) is 6.74. The Labute approximate surface area is 132 Å². The van der Waals surface area contributed by atoms with Crippen LogP contribution in [0.1, 0.15) is 45.1 Å². The third-order valence-electron chi connectivity index (χ3n) is 4.18. The molecule has 5 heteroatoms. The lowest BCUT2D eigenvalue weighted by molar-refractivity contribution is -0.384. The van der Waals surface area contributed by atoms with Crippen LogP contribution in [0.5, 0.6) is 0 Å². The highest BCUT2D eigenvalue weighted by molar-refractivity contribution is 5.80. The van der Waals surface area contributed by atoms with Crippen molar-refractivity contribution in [3.8, 4) is 0 Å². The minimum absolute atomic E-state index is 0.119. The van der Waals surface area contributed by atoms with Crippen LogP contribution in [0.15, 0.2) is 29.3 Å². The van der Waals surface area contributed by atoms with E-state index >= 15 is 0 Å². The molecule has 0 radical (unpaired) electrons. The molecule has 5 nitrogen and oxygen atoms in total. The Morgan fingerprint density at radius 1 is 1.32 bits per heavy atom. The molecular formula is C17H25N3O2. The van der Waals surface area contributed by atoms with E-state index in [-0.39, 0.29) is 10.6 Å². The van der Waals surface area contributed by atoms with Crippen LogP contribution in [-0.4, -0.2) is 29.8 Å². The summed E-state index contributed by atoms with van der Waals surface area (Å²) < 4.78 is 0. The maximum Gasteiger partial charge on any atom is 0.269 e. The summed E-state index contributed by atoms with van der Waals surface area (Å²) in [6.45, 7) is 5.34. The molecule has 2 rings (SSSR count). The molecule has 120 valence electrons. The smallest absolute Gasteiger partial charge is 0.269 e. The van der Waals surface area contributed by atoms with E-state index in [9.17, 15) is 10.1 Å². The first-order valence-corrected chi connectivity index (χ1v) is 8.07. The molecule has 0 bridgehead atoms. The Bertz CT molecular complexity index is 511. The van der Waals surface area contributed by atoms with Crippen molar-refractivity contribution < 1.29 is 4.92 Å². The van der Waals surface area contributed by atoms with E-state index in [4.69, 9.17) is 4.99 Å². The number of rotatable bonds is 6. The maximum absolute atomic E-state index is 10.7. The molecule has 1 aliphatic carbocycles. The monoisotopic (exact) mass is 303 g/mol. The lowest BCUT2D eigenvalue weighted by Crippen LogP contribution is -2.36. The van der Waals surface area contributed by atoms with Crippen LogP contribution < -0.4 is 5.32 Å².